The molecule has 0 saturated carbocycles. The topological polar surface area (TPSA) is 26.3 Å². The Hall–Kier alpha value is -0.180. The lowest BCUT2D eigenvalue weighted by Crippen LogP contribution is -1.99. The molecule has 0 unspecified atom stereocenters. The molecule has 0 aromatic rings. The van der Waals surface area contributed by atoms with E-state index in [1.54, 1.807) is 0 Å². The molecule has 0 fully saturated rings. The van der Waals surface area contributed by atoms with Crippen molar-refractivity contribution in [3.05, 3.63) is 0 Å². The molecule has 0 spiro atoms. The van der Waals surface area contributed by atoms with E-state index in [9.17, 15) is 4.79 Å². The zero-order chi connectivity index (χ0) is 12.8. The Balaban J connectivity index is 2.96. The number of methoxy groups -OCH3 is 1. The van der Waals surface area contributed by atoms with Crippen molar-refractivity contribution >= 4 is 17.7 Å². The van der Waals surface area contributed by atoms with Crippen molar-refractivity contribution in [3.63, 3.8) is 0 Å². The molecule has 3 heteroatoms. The number of carbonyl (C=O) groups excluding carboxylic acids is 1. The third kappa shape index (κ3) is 13.8. The first-order valence-electron chi connectivity index (χ1n) is 6.95. The monoisotopic (exact) mass is 260 g/mol. The Bertz CT molecular complexity index is 172. The fourth-order valence-electron chi connectivity index (χ4n) is 1.66. The minimum absolute atomic E-state index is 0.0727. The average molecular weight is 260 g/mol. The molecule has 0 aromatic carbocycles. The van der Waals surface area contributed by atoms with Crippen molar-refractivity contribution < 1.29 is 9.53 Å². The van der Waals surface area contributed by atoms with Crippen molar-refractivity contribution in [2.24, 2.45) is 0 Å². The number of rotatable bonds is 12. The van der Waals surface area contributed by atoms with E-state index >= 15 is 0 Å². The smallest absolute Gasteiger partial charge is 0.305 e. The Kier molecular flexibility index (Phi) is 13.7. The second-order valence-corrected chi connectivity index (χ2v) is 5.64. The van der Waals surface area contributed by atoms with E-state index in [0.29, 0.717) is 6.42 Å². The summed E-state index contributed by atoms with van der Waals surface area (Å²) in [5.41, 5.74) is 0. The van der Waals surface area contributed by atoms with Crippen LogP contribution in [-0.4, -0.2) is 24.6 Å². The van der Waals surface area contributed by atoms with Gasteiger partial charge >= 0.3 is 5.97 Å². The van der Waals surface area contributed by atoms with Gasteiger partial charge in [0.2, 0.25) is 0 Å². The SMILES string of the molecule is CCCCCSCCCCCCCC(=O)OC. The molecular formula is C14H28O2S. The van der Waals surface area contributed by atoms with Crippen LogP contribution in [0.2, 0.25) is 0 Å². The predicted octanol–water partition coefficient (Wildman–Crippen LogP) is 4.42. The van der Waals surface area contributed by atoms with E-state index in [1.165, 1.54) is 57.1 Å². The second kappa shape index (κ2) is 13.9. The van der Waals surface area contributed by atoms with Gasteiger partial charge in [-0.25, -0.2) is 0 Å². The molecule has 0 aliphatic carbocycles. The molecule has 0 amide bonds. The molecule has 0 aliphatic rings. The first kappa shape index (κ1) is 16.8. The second-order valence-electron chi connectivity index (χ2n) is 4.41. The van der Waals surface area contributed by atoms with Gasteiger partial charge in [0, 0.05) is 6.42 Å². The van der Waals surface area contributed by atoms with Gasteiger partial charge in [0.1, 0.15) is 0 Å². The number of carbonyl (C=O) groups is 1. The van der Waals surface area contributed by atoms with Gasteiger partial charge in [0.05, 0.1) is 7.11 Å². The van der Waals surface area contributed by atoms with Crippen LogP contribution in [-0.2, 0) is 9.53 Å². The zero-order valence-corrected chi connectivity index (χ0v) is 12.3. The molecule has 0 aromatic heterocycles. The van der Waals surface area contributed by atoms with Crippen LogP contribution in [0, 0.1) is 0 Å². The molecule has 0 N–H and O–H groups in total. The molecule has 17 heavy (non-hydrogen) atoms. The van der Waals surface area contributed by atoms with Gasteiger partial charge in [-0.2, -0.15) is 11.8 Å². The van der Waals surface area contributed by atoms with Crippen LogP contribution in [0.15, 0.2) is 0 Å². The summed E-state index contributed by atoms with van der Waals surface area (Å²) in [5, 5.41) is 0. The maximum atomic E-state index is 10.8. The predicted molar refractivity (Wildman–Crippen MR) is 76.6 cm³/mol. The van der Waals surface area contributed by atoms with Crippen LogP contribution in [0.3, 0.4) is 0 Å². The Morgan fingerprint density at radius 2 is 1.53 bits per heavy atom. The maximum Gasteiger partial charge on any atom is 0.305 e. The number of hydrogen-bond donors (Lipinski definition) is 0. The standard InChI is InChI=1S/C14H28O2S/c1-3-4-9-12-17-13-10-7-5-6-8-11-14(15)16-2/h3-13H2,1-2H3. The highest BCUT2D eigenvalue weighted by Gasteiger charge is 1.98. The molecule has 0 radical (unpaired) electrons. The molecule has 0 atom stereocenters. The van der Waals surface area contributed by atoms with E-state index in [2.05, 4.69) is 23.4 Å². The summed E-state index contributed by atoms with van der Waals surface area (Å²) in [7, 11) is 1.46. The normalized spacial score (nSPS) is 10.5. The van der Waals surface area contributed by atoms with Gasteiger partial charge in [0.25, 0.3) is 0 Å². The quantitative estimate of drug-likeness (QED) is 0.384. The van der Waals surface area contributed by atoms with Crippen LogP contribution in [0.1, 0.15) is 64.7 Å². The molecule has 0 rings (SSSR count). The van der Waals surface area contributed by atoms with E-state index < -0.39 is 0 Å². The third-order valence-electron chi connectivity index (χ3n) is 2.79. The summed E-state index contributed by atoms with van der Waals surface area (Å²) in [4.78, 5) is 10.8. The Morgan fingerprint density at radius 1 is 0.941 bits per heavy atom. The minimum Gasteiger partial charge on any atom is -0.469 e. The first-order chi connectivity index (χ1) is 8.31. The molecule has 0 saturated heterocycles. The van der Waals surface area contributed by atoms with Crippen molar-refractivity contribution in [2.75, 3.05) is 18.6 Å². The summed E-state index contributed by atoms with van der Waals surface area (Å²) in [6.07, 6.45) is 10.7. The highest BCUT2D eigenvalue weighted by atomic mass is 32.2. The molecule has 2 nitrogen and oxygen atoms in total. The maximum absolute atomic E-state index is 10.8. The fourth-order valence-corrected chi connectivity index (χ4v) is 2.68. The summed E-state index contributed by atoms with van der Waals surface area (Å²) in [6.45, 7) is 2.25. The third-order valence-corrected chi connectivity index (χ3v) is 3.94. The zero-order valence-electron chi connectivity index (χ0n) is 11.5. The minimum atomic E-state index is -0.0727. The molecular weight excluding hydrogens is 232 g/mol. The lowest BCUT2D eigenvalue weighted by molar-refractivity contribution is -0.140. The lowest BCUT2D eigenvalue weighted by Gasteiger charge is -2.02. The summed E-state index contributed by atoms with van der Waals surface area (Å²) in [5.74, 6) is 2.56. The number of ether oxygens (including phenoxy) is 1. The van der Waals surface area contributed by atoms with Crippen molar-refractivity contribution in [3.8, 4) is 0 Å². The molecule has 102 valence electrons. The highest BCUT2D eigenvalue weighted by Crippen LogP contribution is 2.11. The van der Waals surface area contributed by atoms with Crippen molar-refractivity contribution in [1.82, 2.24) is 0 Å². The van der Waals surface area contributed by atoms with Crippen LogP contribution in [0.25, 0.3) is 0 Å². The molecule has 0 aliphatic heterocycles. The average Bonchev–Trinajstić information content (AvgIpc) is 2.35. The van der Waals surface area contributed by atoms with Gasteiger partial charge in [-0.05, 0) is 30.8 Å². The number of hydrogen-bond acceptors (Lipinski definition) is 3. The van der Waals surface area contributed by atoms with Gasteiger partial charge in [-0.3, -0.25) is 4.79 Å². The van der Waals surface area contributed by atoms with Crippen LogP contribution in [0.5, 0.6) is 0 Å². The first-order valence-corrected chi connectivity index (χ1v) is 8.11. The van der Waals surface area contributed by atoms with Gasteiger partial charge in [-0.1, -0.05) is 39.0 Å². The molecule has 0 bridgehead atoms. The van der Waals surface area contributed by atoms with E-state index in [1.807, 2.05) is 0 Å². The van der Waals surface area contributed by atoms with E-state index in [0.717, 1.165) is 12.8 Å². The van der Waals surface area contributed by atoms with Gasteiger partial charge < -0.3 is 4.74 Å². The van der Waals surface area contributed by atoms with E-state index in [4.69, 9.17) is 0 Å². The number of esters is 1. The largest absolute Gasteiger partial charge is 0.469 e. The van der Waals surface area contributed by atoms with Gasteiger partial charge in [-0.15, -0.1) is 0 Å². The van der Waals surface area contributed by atoms with Crippen LogP contribution < -0.4 is 0 Å². The van der Waals surface area contributed by atoms with Crippen molar-refractivity contribution in [1.29, 1.82) is 0 Å². The van der Waals surface area contributed by atoms with Crippen LogP contribution in [0.4, 0.5) is 0 Å². The van der Waals surface area contributed by atoms with Crippen molar-refractivity contribution in [2.45, 2.75) is 64.7 Å². The Labute approximate surface area is 111 Å². The number of thioether (sulfide) groups is 1. The van der Waals surface area contributed by atoms with Crippen LogP contribution >= 0.6 is 11.8 Å². The van der Waals surface area contributed by atoms with E-state index in [-0.39, 0.29) is 5.97 Å². The fraction of sp³-hybridized carbons (Fsp3) is 0.929. The van der Waals surface area contributed by atoms with Gasteiger partial charge in [0.15, 0.2) is 0 Å². The molecule has 0 heterocycles. The summed E-state index contributed by atoms with van der Waals surface area (Å²) >= 11 is 2.09. The highest BCUT2D eigenvalue weighted by molar-refractivity contribution is 7.99. The lowest BCUT2D eigenvalue weighted by atomic mass is 10.1. The number of unbranched alkanes of at least 4 members (excludes halogenated alkanes) is 6. The Morgan fingerprint density at radius 3 is 2.18 bits per heavy atom. The summed E-state index contributed by atoms with van der Waals surface area (Å²) < 4.78 is 4.60. The summed E-state index contributed by atoms with van der Waals surface area (Å²) in [6, 6.07) is 0.